The SMILES string of the molecule is CC1CN(Cc2ccccc2)CC1(C)S. The molecule has 1 aromatic carbocycles. The highest BCUT2D eigenvalue weighted by Gasteiger charge is 2.36. The van der Waals surface area contributed by atoms with Crippen LogP contribution in [-0.4, -0.2) is 22.7 Å². The van der Waals surface area contributed by atoms with Gasteiger partial charge in [0, 0.05) is 24.4 Å². The Labute approximate surface area is 97.9 Å². The van der Waals surface area contributed by atoms with Crippen LogP contribution >= 0.6 is 12.6 Å². The third kappa shape index (κ3) is 2.56. The molecule has 0 bridgehead atoms. The number of rotatable bonds is 2. The van der Waals surface area contributed by atoms with Crippen LogP contribution in [0.25, 0.3) is 0 Å². The summed E-state index contributed by atoms with van der Waals surface area (Å²) in [5.74, 6) is 0.671. The van der Waals surface area contributed by atoms with Crippen molar-refractivity contribution in [1.29, 1.82) is 0 Å². The average molecular weight is 221 g/mol. The first-order valence-electron chi connectivity index (χ1n) is 5.56. The summed E-state index contributed by atoms with van der Waals surface area (Å²) in [7, 11) is 0. The molecule has 82 valence electrons. The van der Waals surface area contributed by atoms with E-state index in [9.17, 15) is 0 Å². The lowest BCUT2D eigenvalue weighted by Gasteiger charge is -2.21. The van der Waals surface area contributed by atoms with Crippen LogP contribution in [0.3, 0.4) is 0 Å². The molecule has 0 saturated carbocycles. The fraction of sp³-hybridized carbons (Fsp3) is 0.538. The van der Waals surface area contributed by atoms with E-state index in [1.54, 1.807) is 0 Å². The number of hydrogen-bond acceptors (Lipinski definition) is 2. The van der Waals surface area contributed by atoms with Crippen molar-refractivity contribution in [3.05, 3.63) is 35.9 Å². The largest absolute Gasteiger partial charge is 0.297 e. The fourth-order valence-electron chi connectivity index (χ4n) is 2.22. The number of benzene rings is 1. The van der Waals surface area contributed by atoms with Crippen molar-refractivity contribution < 1.29 is 0 Å². The summed E-state index contributed by atoms with van der Waals surface area (Å²) in [4.78, 5) is 2.49. The molecular weight excluding hydrogens is 202 g/mol. The van der Waals surface area contributed by atoms with Crippen LogP contribution in [0, 0.1) is 5.92 Å². The summed E-state index contributed by atoms with van der Waals surface area (Å²) < 4.78 is 0.175. The quantitative estimate of drug-likeness (QED) is 0.752. The Morgan fingerprint density at radius 1 is 1.40 bits per heavy atom. The van der Waals surface area contributed by atoms with Crippen LogP contribution in [0.5, 0.6) is 0 Å². The average Bonchev–Trinajstić information content (AvgIpc) is 2.42. The van der Waals surface area contributed by atoms with Gasteiger partial charge in [-0.25, -0.2) is 0 Å². The van der Waals surface area contributed by atoms with Gasteiger partial charge in [-0.2, -0.15) is 12.6 Å². The first-order valence-corrected chi connectivity index (χ1v) is 6.01. The minimum absolute atomic E-state index is 0.175. The maximum absolute atomic E-state index is 4.73. The maximum Gasteiger partial charge on any atom is 0.0266 e. The van der Waals surface area contributed by atoms with E-state index in [0.717, 1.165) is 19.6 Å². The molecule has 1 aliphatic rings. The molecule has 0 aromatic heterocycles. The van der Waals surface area contributed by atoms with Crippen LogP contribution in [0.2, 0.25) is 0 Å². The Kier molecular flexibility index (Phi) is 3.08. The molecule has 0 amide bonds. The molecule has 1 heterocycles. The number of thiol groups is 1. The number of likely N-dealkylation sites (tertiary alicyclic amines) is 1. The lowest BCUT2D eigenvalue weighted by molar-refractivity contribution is 0.318. The van der Waals surface area contributed by atoms with Crippen LogP contribution in [0.1, 0.15) is 19.4 Å². The van der Waals surface area contributed by atoms with Gasteiger partial charge in [0.2, 0.25) is 0 Å². The van der Waals surface area contributed by atoms with Crippen molar-refractivity contribution in [2.45, 2.75) is 25.1 Å². The molecule has 0 radical (unpaired) electrons. The molecule has 1 fully saturated rings. The van der Waals surface area contributed by atoms with Gasteiger partial charge in [-0.3, -0.25) is 4.90 Å². The van der Waals surface area contributed by atoms with E-state index >= 15 is 0 Å². The Hall–Kier alpha value is -0.470. The molecule has 2 atom stereocenters. The normalized spacial score (nSPS) is 32.1. The van der Waals surface area contributed by atoms with E-state index in [1.165, 1.54) is 5.56 Å². The van der Waals surface area contributed by atoms with E-state index in [0.29, 0.717) is 5.92 Å². The molecule has 1 nitrogen and oxygen atoms in total. The summed E-state index contributed by atoms with van der Waals surface area (Å²) in [6.07, 6.45) is 0. The van der Waals surface area contributed by atoms with Crippen molar-refractivity contribution in [2.75, 3.05) is 13.1 Å². The Bertz CT molecular complexity index is 321. The first kappa shape index (κ1) is 11.0. The lowest BCUT2D eigenvalue weighted by atomic mass is 10.00. The topological polar surface area (TPSA) is 3.24 Å². The van der Waals surface area contributed by atoms with Crippen LogP contribution in [0.15, 0.2) is 30.3 Å². The van der Waals surface area contributed by atoms with Gasteiger partial charge in [-0.1, -0.05) is 37.3 Å². The van der Waals surface area contributed by atoms with E-state index in [2.05, 4.69) is 49.1 Å². The van der Waals surface area contributed by atoms with E-state index < -0.39 is 0 Å². The van der Waals surface area contributed by atoms with Gasteiger partial charge < -0.3 is 0 Å². The van der Waals surface area contributed by atoms with Crippen molar-refractivity contribution in [1.82, 2.24) is 4.90 Å². The van der Waals surface area contributed by atoms with Crippen molar-refractivity contribution in [2.24, 2.45) is 5.92 Å². The fourth-order valence-corrected chi connectivity index (χ4v) is 2.50. The molecule has 0 aliphatic carbocycles. The Morgan fingerprint density at radius 2 is 2.07 bits per heavy atom. The van der Waals surface area contributed by atoms with Crippen molar-refractivity contribution in [3.8, 4) is 0 Å². The zero-order chi connectivity index (χ0) is 10.9. The molecule has 2 heteroatoms. The molecular formula is C13H19NS. The highest BCUT2D eigenvalue weighted by Crippen LogP contribution is 2.33. The minimum Gasteiger partial charge on any atom is -0.297 e. The summed E-state index contributed by atoms with van der Waals surface area (Å²) in [5, 5.41) is 0. The van der Waals surface area contributed by atoms with Gasteiger partial charge in [-0.05, 0) is 18.4 Å². The minimum atomic E-state index is 0.175. The van der Waals surface area contributed by atoms with Crippen LogP contribution in [-0.2, 0) is 6.54 Å². The molecule has 2 rings (SSSR count). The molecule has 1 aliphatic heterocycles. The monoisotopic (exact) mass is 221 g/mol. The molecule has 2 unspecified atom stereocenters. The second-order valence-corrected chi connectivity index (χ2v) is 5.94. The van der Waals surface area contributed by atoms with Crippen molar-refractivity contribution >= 4 is 12.6 Å². The zero-order valence-electron chi connectivity index (χ0n) is 9.48. The lowest BCUT2D eigenvalue weighted by Crippen LogP contribution is -2.26. The summed E-state index contributed by atoms with van der Waals surface area (Å²) >= 11 is 4.73. The van der Waals surface area contributed by atoms with Crippen LogP contribution in [0.4, 0.5) is 0 Å². The highest BCUT2D eigenvalue weighted by atomic mass is 32.1. The number of hydrogen-bond donors (Lipinski definition) is 1. The summed E-state index contributed by atoms with van der Waals surface area (Å²) in [6.45, 7) is 7.84. The Balaban J connectivity index is 1.99. The molecule has 0 spiro atoms. The third-order valence-electron chi connectivity index (χ3n) is 3.39. The van der Waals surface area contributed by atoms with Crippen LogP contribution < -0.4 is 0 Å². The van der Waals surface area contributed by atoms with E-state index in [1.807, 2.05) is 0 Å². The number of nitrogens with zero attached hydrogens (tertiary/aromatic N) is 1. The van der Waals surface area contributed by atoms with Gasteiger partial charge in [0.05, 0.1) is 0 Å². The van der Waals surface area contributed by atoms with Gasteiger partial charge in [-0.15, -0.1) is 0 Å². The first-order chi connectivity index (χ1) is 7.08. The summed E-state index contributed by atoms with van der Waals surface area (Å²) in [5.41, 5.74) is 1.40. The van der Waals surface area contributed by atoms with Gasteiger partial charge >= 0.3 is 0 Å². The predicted octanol–water partition coefficient (Wildman–Crippen LogP) is 2.83. The predicted molar refractivity (Wildman–Crippen MR) is 68.3 cm³/mol. The zero-order valence-corrected chi connectivity index (χ0v) is 10.4. The van der Waals surface area contributed by atoms with Gasteiger partial charge in [0.15, 0.2) is 0 Å². The third-order valence-corrected chi connectivity index (χ3v) is 3.97. The van der Waals surface area contributed by atoms with Gasteiger partial charge in [0.25, 0.3) is 0 Å². The molecule has 15 heavy (non-hydrogen) atoms. The molecule has 1 saturated heterocycles. The van der Waals surface area contributed by atoms with E-state index in [-0.39, 0.29) is 4.75 Å². The standard InChI is InChI=1S/C13H19NS/c1-11-8-14(10-13(11,2)15)9-12-6-4-3-5-7-12/h3-7,11,15H,8-10H2,1-2H3. The molecule has 0 N–H and O–H groups in total. The Morgan fingerprint density at radius 3 is 2.60 bits per heavy atom. The van der Waals surface area contributed by atoms with Gasteiger partial charge in [0.1, 0.15) is 0 Å². The second-order valence-electron chi connectivity index (χ2n) is 4.91. The smallest absolute Gasteiger partial charge is 0.0266 e. The molecule has 1 aromatic rings. The second kappa shape index (κ2) is 4.18. The van der Waals surface area contributed by atoms with Crippen molar-refractivity contribution in [3.63, 3.8) is 0 Å². The summed E-state index contributed by atoms with van der Waals surface area (Å²) in [6, 6.07) is 10.7. The van der Waals surface area contributed by atoms with E-state index in [4.69, 9.17) is 12.6 Å². The maximum atomic E-state index is 4.73. The highest BCUT2D eigenvalue weighted by molar-refractivity contribution is 7.81.